The lowest BCUT2D eigenvalue weighted by Crippen LogP contribution is -1.74. The van der Waals surface area contributed by atoms with Crippen molar-refractivity contribution >= 4 is 27.7 Å². The minimum absolute atomic E-state index is 0.317. The smallest absolute Gasteiger partial charge is 0.0777 e. The van der Waals surface area contributed by atoms with Crippen molar-refractivity contribution in [1.29, 1.82) is 0 Å². The third-order valence-electron chi connectivity index (χ3n) is 0.345. The largest absolute Gasteiger partial charge is 0.142 e. The molecular weight excluding hydrogens is 160 g/mol. The molecule has 0 rings (SSSR count). The summed E-state index contributed by atoms with van der Waals surface area (Å²) in [6.07, 6.45) is 5.34. The van der Waals surface area contributed by atoms with Gasteiger partial charge in [-0.3, -0.25) is 0 Å². The molecule has 1 radical (unpaired) electrons. The Morgan fingerprint density at radius 3 is 2.33 bits per heavy atom. The summed E-state index contributed by atoms with van der Waals surface area (Å²) in [6.45, 7) is 3.52. The summed E-state index contributed by atoms with van der Waals surface area (Å²) < 4.78 is 0.317. The first-order chi connectivity index (χ1) is 2.81. The molecule has 0 fully saturated rings. The van der Waals surface area contributed by atoms with Crippen molar-refractivity contribution in [1.82, 2.24) is 0 Å². The Bertz CT molecular complexity index is 44.8. The van der Waals surface area contributed by atoms with Crippen LogP contribution in [0.2, 0.25) is 0 Å². The van der Waals surface area contributed by atoms with Gasteiger partial charge >= 0.3 is 0 Å². The number of alkyl halides is 1. The second-order valence-electron chi connectivity index (χ2n) is 0.754. The van der Waals surface area contributed by atoms with E-state index in [1.807, 2.05) is 0 Å². The van der Waals surface area contributed by atoms with Gasteiger partial charge in [-0.05, 0) is 0 Å². The van der Waals surface area contributed by atoms with Crippen LogP contribution in [0.15, 0.2) is 12.7 Å². The first kappa shape index (κ1) is 6.57. The lowest BCUT2D eigenvalue weighted by atomic mass is 10.8. The van der Waals surface area contributed by atoms with Crippen molar-refractivity contribution in [2.75, 3.05) is 0 Å². The van der Waals surface area contributed by atoms with Gasteiger partial charge in [0.05, 0.1) is 4.16 Å². The molecule has 0 nitrogen and oxygen atoms in total. The van der Waals surface area contributed by atoms with Crippen LogP contribution in [0.5, 0.6) is 0 Å². The summed E-state index contributed by atoms with van der Waals surface area (Å²) in [5.74, 6) is 0. The molecule has 0 aliphatic carbocycles. The minimum atomic E-state index is 0.317. The molecule has 0 bridgehead atoms. The maximum absolute atomic E-state index is 3.55. The molecule has 0 N–H and O–H groups in total. The van der Waals surface area contributed by atoms with Gasteiger partial charge in [0, 0.05) is 6.26 Å². The molecule has 6 heavy (non-hydrogen) atoms. The third kappa shape index (κ3) is 2.79. The highest BCUT2D eigenvalue weighted by atomic mass is 79.9. The zero-order chi connectivity index (χ0) is 4.99. The van der Waals surface area contributed by atoms with E-state index in [4.69, 9.17) is 0 Å². The van der Waals surface area contributed by atoms with Crippen LogP contribution in [0.4, 0.5) is 0 Å². The lowest BCUT2D eigenvalue weighted by Gasteiger charge is -1.91. The molecule has 0 aromatic heterocycles. The van der Waals surface area contributed by atoms with Crippen LogP contribution in [-0.2, 0) is 0 Å². The second kappa shape index (κ2) is 3.75. The summed E-state index contributed by atoms with van der Waals surface area (Å²) in [7, 11) is 0. The molecule has 2 heteroatoms. The number of hydrogen-bond donors (Lipinski definition) is 0. The molecule has 1 atom stereocenters. The van der Waals surface area contributed by atoms with E-state index in [0.29, 0.717) is 4.16 Å². The van der Waals surface area contributed by atoms with Crippen LogP contribution < -0.4 is 0 Å². The van der Waals surface area contributed by atoms with Crippen LogP contribution in [-0.4, -0.2) is 4.16 Å². The van der Waals surface area contributed by atoms with E-state index < -0.39 is 0 Å². The highest BCUT2D eigenvalue weighted by molar-refractivity contribution is 9.11. The monoisotopic (exact) mass is 165 g/mol. The van der Waals surface area contributed by atoms with E-state index in [1.165, 1.54) is 11.8 Å². The van der Waals surface area contributed by atoms with E-state index >= 15 is 0 Å². The van der Waals surface area contributed by atoms with Crippen LogP contribution in [0.3, 0.4) is 0 Å². The molecule has 0 saturated heterocycles. The SMILES string of the molecule is [CH2]SC(Br)C=C. The highest BCUT2D eigenvalue weighted by Gasteiger charge is 1.87. The van der Waals surface area contributed by atoms with Gasteiger partial charge in [0.15, 0.2) is 0 Å². The molecule has 35 valence electrons. The fourth-order valence-corrected chi connectivity index (χ4v) is 0.204. The van der Waals surface area contributed by atoms with Crippen LogP contribution in [0, 0.1) is 6.26 Å². The first-order valence-corrected chi connectivity index (χ1v) is 3.45. The number of halogens is 1. The summed E-state index contributed by atoms with van der Waals surface area (Å²) in [4.78, 5) is 0. The molecule has 0 spiro atoms. The lowest BCUT2D eigenvalue weighted by molar-refractivity contribution is 1.73. The fourth-order valence-electron chi connectivity index (χ4n) is 0.0680. The highest BCUT2D eigenvalue weighted by Crippen LogP contribution is 2.14. The number of thioether (sulfide) groups is 1. The van der Waals surface area contributed by atoms with Gasteiger partial charge < -0.3 is 0 Å². The Labute approximate surface area is 51.1 Å². The normalized spacial score (nSPS) is 13.7. The van der Waals surface area contributed by atoms with Crippen LogP contribution >= 0.6 is 27.7 Å². The van der Waals surface area contributed by atoms with Gasteiger partial charge in [0.1, 0.15) is 0 Å². The van der Waals surface area contributed by atoms with Crippen molar-refractivity contribution < 1.29 is 0 Å². The van der Waals surface area contributed by atoms with Gasteiger partial charge in [-0.25, -0.2) is 0 Å². The predicted octanol–water partition coefficient (Wildman–Crippen LogP) is 2.42. The molecule has 0 aliphatic rings. The van der Waals surface area contributed by atoms with Crippen molar-refractivity contribution in [3.63, 3.8) is 0 Å². The average molecular weight is 166 g/mol. The molecule has 0 aliphatic heterocycles. The van der Waals surface area contributed by atoms with E-state index in [1.54, 1.807) is 6.08 Å². The molecular formula is C4H6BrS. The van der Waals surface area contributed by atoms with E-state index in [2.05, 4.69) is 28.8 Å². The maximum Gasteiger partial charge on any atom is 0.0777 e. The standard InChI is InChI=1S/C4H6BrS/c1-3-4(5)6-2/h3-4H,1-2H2. The second-order valence-corrected chi connectivity index (χ2v) is 3.19. The van der Waals surface area contributed by atoms with Gasteiger partial charge in [0.25, 0.3) is 0 Å². The summed E-state index contributed by atoms with van der Waals surface area (Å²) in [5.41, 5.74) is 0. The van der Waals surface area contributed by atoms with Crippen molar-refractivity contribution in [2.24, 2.45) is 0 Å². The molecule has 0 aromatic carbocycles. The van der Waals surface area contributed by atoms with Crippen molar-refractivity contribution in [3.05, 3.63) is 18.9 Å². The van der Waals surface area contributed by atoms with Crippen molar-refractivity contribution in [3.8, 4) is 0 Å². The van der Waals surface area contributed by atoms with E-state index in [9.17, 15) is 0 Å². The first-order valence-electron chi connectivity index (χ1n) is 1.48. The minimum Gasteiger partial charge on any atom is -0.142 e. The molecule has 0 saturated carbocycles. The van der Waals surface area contributed by atoms with Gasteiger partial charge in [0.2, 0.25) is 0 Å². The number of rotatable bonds is 2. The van der Waals surface area contributed by atoms with Crippen molar-refractivity contribution in [2.45, 2.75) is 4.16 Å². The van der Waals surface area contributed by atoms with Gasteiger partial charge in [-0.1, -0.05) is 22.0 Å². The maximum atomic E-state index is 3.55. The van der Waals surface area contributed by atoms with Gasteiger partial charge in [-0.15, -0.1) is 18.3 Å². The molecule has 1 unspecified atom stereocenters. The Morgan fingerprint density at radius 1 is 1.83 bits per heavy atom. The van der Waals surface area contributed by atoms with E-state index in [-0.39, 0.29) is 0 Å². The van der Waals surface area contributed by atoms with E-state index in [0.717, 1.165) is 0 Å². The zero-order valence-corrected chi connectivity index (χ0v) is 5.76. The quantitative estimate of drug-likeness (QED) is 0.448. The summed E-state index contributed by atoms with van der Waals surface area (Å²) in [6, 6.07) is 0. The van der Waals surface area contributed by atoms with Crippen LogP contribution in [0.25, 0.3) is 0 Å². The van der Waals surface area contributed by atoms with Crippen LogP contribution in [0.1, 0.15) is 0 Å². The number of hydrogen-bond acceptors (Lipinski definition) is 1. The average Bonchev–Trinajstić information content (AvgIpc) is 1.65. The Hall–Kier alpha value is 0.570. The molecule has 0 heterocycles. The topological polar surface area (TPSA) is 0 Å². The molecule has 0 amide bonds. The Morgan fingerprint density at radius 2 is 2.33 bits per heavy atom. The van der Waals surface area contributed by atoms with Gasteiger partial charge in [-0.2, -0.15) is 0 Å². The Kier molecular flexibility index (Phi) is 4.11. The zero-order valence-electron chi connectivity index (χ0n) is 3.36. The third-order valence-corrected chi connectivity index (χ3v) is 2.02. The Balaban J connectivity index is 2.96. The summed E-state index contributed by atoms with van der Waals surface area (Å²) in [5, 5.41) is 0. The fraction of sp³-hybridized carbons (Fsp3) is 0.250. The predicted molar refractivity (Wildman–Crippen MR) is 35.9 cm³/mol. The molecule has 0 aromatic rings. The summed E-state index contributed by atoms with van der Waals surface area (Å²) >= 11 is 4.73.